The third-order valence-electron chi connectivity index (χ3n) is 5.10. The summed E-state index contributed by atoms with van der Waals surface area (Å²) in [5.74, 6) is 0.702. The van der Waals surface area contributed by atoms with Gasteiger partial charge in [0, 0.05) is 29.6 Å². The molecule has 0 radical (unpaired) electrons. The lowest BCUT2D eigenvalue weighted by atomic mass is 10.1. The van der Waals surface area contributed by atoms with Crippen molar-refractivity contribution in [3.8, 4) is 11.4 Å². The van der Waals surface area contributed by atoms with Crippen LogP contribution in [-0.2, 0) is 6.54 Å². The zero-order chi connectivity index (χ0) is 20.4. The van der Waals surface area contributed by atoms with Gasteiger partial charge in [-0.25, -0.2) is 9.97 Å². The summed E-state index contributed by atoms with van der Waals surface area (Å²) in [6.45, 7) is 7.05. The van der Waals surface area contributed by atoms with E-state index in [1.807, 2.05) is 61.5 Å². The van der Waals surface area contributed by atoms with Gasteiger partial charge in [0.2, 0.25) is 0 Å². The molecule has 0 aliphatic heterocycles. The van der Waals surface area contributed by atoms with Gasteiger partial charge in [0.15, 0.2) is 5.65 Å². The van der Waals surface area contributed by atoms with Crippen molar-refractivity contribution < 1.29 is 4.79 Å². The Morgan fingerprint density at radius 1 is 1.03 bits per heavy atom. The molecule has 29 heavy (non-hydrogen) atoms. The molecule has 0 saturated carbocycles. The number of amides is 1. The molecule has 4 aromatic rings. The molecule has 4 rings (SSSR count). The first kappa shape index (κ1) is 18.9. The third-order valence-corrected chi connectivity index (χ3v) is 5.10. The maximum atomic E-state index is 12.8. The number of aryl methyl sites for hydroxylation is 3. The predicted octanol–water partition coefficient (Wildman–Crippen LogP) is 5.38. The van der Waals surface area contributed by atoms with Crippen molar-refractivity contribution in [3.05, 3.63) is 77.5 Å². The average Bonchev–Trinajstić information content (AvgIpc) is 3.10. The van der Waals surface area contributed by atoms with Crippen molar-refractivity contribution in [2.24, 2.45) is 0 Å². The summed E-state index contributed by atoms with van der Waals surface area (Å²) in [6.07, 6.45) is 2.76. The number of hydrogen-bond acceptors (Lipinski definition) is 3. The minimum absolute atomic E-state index is 0.133. The second-order valence-electron chi connectivity index (χ2n) is 7.27. The van der Waals surface area contributed by atoms with E-state index in [1.165, 1.54) is 5.56 Å². The van der Waals surface area contributed by atoms with Crippen LogP contribution >= 0.6 is 0 Å². The topological polar surface area (TPSA) is 59.8 Å². The Labute approximate surface area is 170 Å². The standard InChI is InChI=1S/C24H24N4O/c1-4-13-28-22(27-21-9-6-12-25-23(21)28)18-7-5-8-19(15-18)24(29)26-20-11-10-16(2)17(3)14-20/h5-12,14-15H,4,13H2,1-3H3,(H,26,29). The van der Waals surface area contributed by atoms with E-state index in [0.717, 1.165) is 46.8 Å². The summed E-state index contributed by atoms with van der Waals surface area (Å²) in [5, 5.41) is 2.99. The molecule has 0 spiro atoms. The maximum Gasteiger partial charge on any atom is 0.255 e. The molecule has 0 bridgehead atoms. The smallest absolute Gasteiger partial charge is 0.255 e. The molecular formula is C24H24N4O. The molecular weight excluding hydrogens is 360 g/mol. The molecule has 0 aliphatic rings. The molecule has 1 N–H and O–H groups in total. The van der Waals surface area contributed by atoms with Crippen LogP contribution in [0.5, 0.6) is 0 Å². The fourth-order valence-corrected chi connectivity index (χ4v) is 3.44. The minimum Gasteiger partial charge on any atom is -0.322 e. The fraction of sp³-hybridized carbons (Fsp3) is 0.208. The van der Waals surface area contributed by atoms with Gasteiger partial charge in [-0.1, -0.05) is 25.1 Å². The van der Waals surface area contributed by atoms with E-state index < -0.39 is 0 Å². The molecule has 0 saturated heterocycles. The first-order chi connectivity index (χ1) is 14.1. The van der Waals surface area contributed by atoms with Gasteiger partial charge in [-0.05, 0) is 67.8 Å². The second-order valence-corrected chi connectivity index (χ2v) is 7.27. The van der Waals surface area contributed by atoms with Crippen LogP contribution in [0.25, 0.3) is 22.6 Å². The van der Waals surface area contributed by atoms with E-state index in [9.17, 15) is 4.79 Å². The Morgan fingerprint density at radius 3 is 2.69 bits per heavy atom. The molecule has 1 amide bonds. The lowest BCUT2D eigenvalue weighted by Gasteiger charge is -2.10. The average molecular weight is 384 g/mol. The Hall–Kier alpha value is -3.47. The molecule has 2 aromatic heterocycles. The van der Waals surface area contributed by atoms with Gasteiger partial charge in [-0.3, -0.25) is 4.79 Å². The maximum absolute atomic E-state index is 12.8. The molecule has 2 aromatic carbocycles. The van der Waals surface area contributed by atoms with E-state index in [1.54, 1.807) is 6.20 Å². The van der Waals surface area contributed by atoms with Gasteiger partial charge in [0.1, 0.15) is 11.3 Å². The number of hydrogen-bond donors (Lipinski definition) is 1. The quantitative estimate of drug-likeness (QED) is 0.503. The van der Waals surface area contributed by atoms with E-state index in [2.05, 4.69) is 28.7 Å². The van der Waals surface area contributed by atoms with E-state index >= 15 is 0 Å². The highest BCUT2D eigenvalue weighted by atomic mass is 16.1. The van der Waals surface area contributed by atoms with Crippen LogP contribution in [0.3, 0.4) is 0 Å². The number of fused-ring (bicyclic) bond motifs is 1. The number of rotatable bonds is 5. The molecule has 5 nitrogen and oxygen atoms in total. The zero-order valence-electron chi connectivity index (χ0n) is 16.9. The molecule has 5 heteroatoms. The van der Waals surface area contributed by atoms with Crippen LogP contribution in [0.2, 0.25) is 0 Å². The number of nitrogens with zero attached hydrogens (tertiary/aromatic N) is 3. The van der Waals surface area contributed by atoms with E-state index in [4.69, 9.17) is 4.98 Å². The van der Waals surface area contributed by atoms with Crippen molar-refractivity contribution >= 4 is 22.8 Å². The van der Waals surface area contributed by atoms with Crippen molar-refractivity contribution in [1.82, 2.24) is 14.5 Å². The van der Waals surface area contributed by atoms with E-state index in [-0.39, 0.29) is 5.91 Å². The summed E-state index contributed by atoms with van der Waals surface area (Å²) in [6, 6.07) is 17.4. The van der Waals surface area contributed by atoms with Gasteiger partial charge in [-0.15, -0.1) is 0 Å². The van der Waals surface area contributed by atoms with Crippen LogP contribution in [0.1, 0.15) is 34.8 Å². The summed E-state index contributed by atoms with van der Waals surface area (Å²) >= 11 is 0. The number of anilines is 1. The zero-order valence-corrected chi connectivity index (χ0v) is 16.9. The summed E-state index contributed by atoms with van der Waals surface area (Å²) in [4.78, 5) is 22.1. The monoisotopic (exact) mass is 384 g/mol. The summed E-state index contributed by atoms with van der Waals surface area (Å²) < 4.78 is 2.12. The number of imidazole rings is 1. The van der Waals surface area contributed by atoms with Crippen molar-refractivity contribution in [2.45, 2.75) is 33.7 Å². The molecule has 0 atom stereocenters. The molecule has 0 fully saturated rings. The lowest BCUT2D eigenvalue weighted by molar-refractivity contribution is 0.102. The second kappa shape index (κ2) is 7.87. The van der Waals surface area contributed by atoms with Gasteiger partial charge in [0.25, 0.3) is 5.91 Å². The van der Waals surface area contributed by atoms with Crippen LogP contribution in [0, 0.1) is 13.8 Å². The number of aromatic nitrogens is 3. The summed E-state index contributed by atoms with van der Waals surface area (Å²) in [7, 11) is 0. The van der Waals surface area contributed by atoms with Crippen molar-refractivity contribution in [2.75, 3.05) is 5.32 Å². The lowest BCUT2D eigenvalue weighted by Crippen LogP contribution is -2.12. The Kier molecular flexibility index (Phi) is 5.12. The molecule has 146 valence electrons. The van der Waals surface area contributed by atoms with Gasteiger partial charge >= 0.3 is 0 Å². The van der Waals surface area contributed by atoms with Crippen LogP contribution in [-0.4, -0.2) is 20.4 Å². The third kappa shape index (κ3) is 3.76. The van der Waals surface area contributed by atoms with E-state index in [0.29, 0.717) is 5.56 Å². The van der Waals surface area contributed by atoms with Gasteiger partial charge < -0.3 is 9.88 Å². The number of nitrogens with one attached hydrogen (secondary N) is 1. The highest BCUT2D eigenvalue weighted by Gasteiger charge is 2.15. The SMILES string of the molecule is CCCn1c(-c2cccc(C(=O)Nc3ccc(C)c(C)c3)c2)nc2cccnc21. The number of benzene rings is 2. The number of pyridine rings is 1. The van der Waals surface area contributed by atoms with Gasteiger partial charge in [0.05, 0.1) is 0 Å². The number of carbonyl (C=O) groups excluding carboxylic acids is 1. The molecule has 0 unspecified atom stereocenters. The van der Waals surface area contributed by atoms with Crippen LogP contribution in [0.4, 0.5) is 5.69 Å². The highest BCUT2D eigenvalue weighted by Crippen LogP contribution is 2.25. The fourth-order valence-electron chi connectivity index (χ4n) is 3.44. The Morgan fingerprint density at radius 2 is 1.90 bits per heavy atom. The Bertz CT molecular complexity index is 1190. The number of carbonyl (C=O) groups is 1. The predicted molar refractivity (Wildman–Crippen MR) is 117 cm³/mol. The molecule has 0 aliphatic carbocycles. The Balaban J connectivity index is 1.68. The summed E-state index contributed by atoms with van der Waals surface area (Å²) in [5.41, 5.74) is 6.39. The normalized spacial score (nSPS) is 11.0. The van der Waals surface area contributed by atoms with Gasteiger partial charge in [-0.2, -0.15) is 0 Å². The van der Waals surface area contributed by atoms with Crippen molar-refractivity contribution in [1.29, 1.82) is 0 Å². The minimum atomic E-state index is -0.133. The van der Waals surface area contributed by atoms with Crippen LogP contribution < -0.4 is 5.32 Å². The van der Waals surface area contributed by atoms with Crippen LogP contribution in [0.15, 0.2) is 60.8 Å². The largest absolute Gasteiger partial charge is 0.322 e. The van der Waals surface area contributed by atoms with Crippen molar-refractivity contribution in [3.63, 3.8) is 0 Å². The first-order valence-electron chi connectivity index (χ1n) is 9.87. The highest BCUT2D eigenvalue weighted by molar-refractivity contribution is 6.05. The molecule has 2 heterocycles. The first-order valence-corrected chi connectivity index (χ1v) is 9.87.